The molecule has 1 aliphatic rings. The van der Waals surface area contributed by atoms with Gasteiger partial charge in [0.05, 0.1) is 19.1 Å². The predicted octanol–water partition coefficient (Wildman–Crippen LogP) is 1.84. The van der Waals surface area contributed by atoms with E-state index in [2.05, 4.69) is 4.74 Å². The van der Waals surface area contributed by atoms with Gasteiger partial charge in [-0.2, -0.15) is 13.2 Å². The molecule has 1 fully saturated rings. The van der Waals surface area contributed by atoms with Crippen molar-refractivity contribution in [1.82, 2.24) is 4.90 Å². The van der Waals surface area contributed by atoms with Crippen molar-refractivity contribution >= 4 is 5.97 Å². The number of carbonyl (C=O) groups excluding carboxylic acids is 1. The maximum absolute atomic E-state index is 12.6. The standard InChI is InChI=1S/C12H20F3NO3/c1-2-19-11(17)9-18-7-6-16-5-3-4-10(8-16)12(13,14)15/h10H,2-9H2,1H3. The van der Waals surface area contributed by atoms with E-state index in [-0.39, 0.29) is 26.2 Å². The molecule has 1 rings (SSSR count). The van der Waals surface area contributed by atoms with Crippen molar-refractivity contribution in [3.8, 4) is 0 Å². The van der Waals surface area contributed by atoms with Gasteiger partial charge in [0.1, 0.15) is 6.61 Å². The molecule has 19 heavy (non-hydrogen) atoms. The fraction of sp³-hybridized carbons (Fsp3) is 0.917. The van der Waals surface area contributed by atoms with E-state index in [0.29, 0.717) is 26.1 Å². The summed E-state index contributed by atoms with van der Waals surface area (Å²) in [4.78, 5) is 12.7. The van der Waals surface area contributed by atoms with Crippen LogP contribution >= 0.6 is 0 Å². The zero-order valence-corrected chi connectivity index (χ0v) is 11.0. The number of alkyl halides is 3. The van der Waals surface area contributed by atoms with E-state index in [4.69, 9.17) is 4.74 Å². The predicted molar refractivity (Wildman–Crippen MR) is 62.7 cm³/mol. The van der Waals surface area contributed by atoms with Gasteiger partial charge in [-0.25, -0.2) is 4.79 Å². The third-order valence-corrected chi connectivity index (χ3v) is 3.05. The lowest BCUT2D eigenvalue weighted by Gasteiger charge is -2.33. The average molecular weight is 283 g/mol. The molecule has 0 aromatic carbocycles. The maximum atomic E-state index is 12.6. The van der Waals surface area contributed by atoms with Crippen molar-refractivity contribution < 1.29 is 27.4 Å². The van der Waals surface area contributed by atoms with Crippen molar-refractivity contribution in [2.45, 2.75) is 25.9 Å². The summed E-state index contributed by atoms with van der Waals surface area (Å²) in [6, 6.07) is 0. The highest BCUT2D eigenvalue weighted by molar-refractivity contribution is 5.70. The van der Waals surface area contributed by atoms with E-state index >= 15 is 0 Å². The molecule has 0 amide bonds. The van der Waals surface area contributed by atoms with E-state index in [0.717, 1.165) is 0 Å². The molecule has 1 unspecified atom stereocenters. The van der Waals surface area contributed by atoms with Crippen LogP contribution in [0.5, 0.6) is 0 Å². The van der Waals surface area contributed by atoms with Crippen molar-refractivity contribution in [3.63, 3.8) is 0 Å². The highest BCUT2D eigenvalue weighted by atomic mass is 19.4. The quantitative estimate of drug-likeness (QED) is 0.551. The summed E-state index contributed by atoms with van der Waals surface area (Å²) < 4.78 is 47.5. The zero-order chi connectivity index (χ0) is 14.3. The third-order valence-electron chi connectivity index (χ3n) is 3.05. The van der Waals surface area contributed by atoms with Crippen LogP contribution in [0.2, 0.25) is 0 Å². The van der Waals surface area contributed by atoms with Crippen LogP contribution in [0, 0.1) is 5.92 Å². The summed E-state index contributed by atoms with van der Waals surface area (Å²) >= 11 is 0. The second-order valence-corrected chi connectivity index (χ2v) is 4.54. The second kappa shape index (κ2) is 7.69. The second-order valence-electron chi connectivity index (χ2n) is 4.54. The number of rotatable bonds is 6. The van der Waals surface area contributed by atoms with Crippen molar-refractivity contribution in [1.29, 1.82) is 0 Å². The molecule has 0 aromatic rings. The Labute approximate surface area is 110 Å². The largest absolute Gasteiger partial charge is 0.464 e. The summed E-state index contributed by atoms with van der Waals surface area (Å²) in [6.07, 6.45) is -3.38. The van der Waals surface area contributed by atoms with Crippen LogP contribution in [0.3, 0.4) is 0 Å². The minimum atomic E-state index is -4.12. The molecule has 0 radical (unpaired) electrons. The molecule has 4 nitrogen and oxygen atoms in total. The molecule has 0 spiro atoms. The molecule has 112 valence electrons. The lowest BCUT2D eigenvalue weighted by atomic mass is 9.98. The molecule has 0 saturated carbocycles. The Bertz CT molecular complexity index is 284. The average Bonchev–Trinajstić information content (AvgIpc) is 2.34. The van der Waals surface area contributed by atoms with Crippen molar-refractivity contribution in [2.24, 2.45) is 5.92 Å². The molecule has 1 atom stereocenters. The minimum Gasteiger partial charge on any atom is -0.464 e. The van der Waals surface area contributed by atoms with Gasteiger partial charge >= 0.3 is 12.1 Å². The Hall–Kier alpha value is -0.820. The van der Waals surface area contributed by atoms with E-state index in [9.17, 15) is 18.0 Å². The first-order chi connectivity index (χ1) is 8.93. The fourth-order valence-electron chi connectivity index (χ4n) is 2.08. The van der Waals surface area contributed by atoms with Crippen LogP contribution < -0.4 is 0 Å². The van der Waals surface area contributed by atoms with Crippen molar-refractivity contribution in [3.05, 3.63) is 0 Å². The van der Waals surface area contributed by atoms with Gasteiger partial charge in [0.25, 0.3) is 0 Å². The number of carbonyl (C=O) groups is 1. The number of likely N-dealkylation sites (tertiary alicyclic amines) is 1. The molecule has 1 heterocycles. The number of hydrogen-bond donors (Lipinski definition) is 0. The third kappa shape index (κ3) is 6.24. The molecule has 0 aromatic heterocycles. The maximum Gasteiger partial charge on any atom is 0.393 e. The lowest BCUT2D eigenvalue weighted by molar-refractivity contribution is -0.187. The smallest absolute Gasteiger partial charge is 0.393 e. The van der Waals surface area contributed by atoms with Gasteiger partial charge in [0.2, 0.25) is 0 Å². The first-order valence-corrected chi connectivity index (χ1v) is 6.46. The molecule has 1 saturated heterocycles. The minimum absolute atomic E-state index is 0.0201. The van der Waals surface area contributed by atoms with Gasteiger partial charge < -0.3 is 14.4 Å². The zero-order valence-electron chi connectivity index (χ0n) is 11.0. The van der Waals surface area contributed by atoms with Crippen molar-refractivity contribution in [2.75, 3.05) is 39.5 Å². The van der Waals surface area contributed by atoms with Crippen LogP contribution in [0.4, 0.5) is 13.2 Å². The number of halogens is 3. The number of ether oxygens (including phenoxy) is 2. The summed E-state index contributed by atoms with van der Waals surface area (Å²) in [5.41, 5.74) is 0. The summed E-state index contributed by atoms with van der Waals surface area (Å²) in [7, 11) is 0. The van der Waals surface area contributed by atoms with Crippen LogP contribution in [-0.2, 0) is 14.3 Å². The SMILES string of the molecule is CCOC(=O)COCCN1CCCC(C(F)(F)F)C1. The molecule has 0 N–H and O–H groups in total. The lowest BCUT2D eigenvalue weighted by Crippen LogP contribution is -2.43. The molecule has 1 aliphatic heterocycles. The highest BCUT2D eigenvalue weighted by Gasteiger charge is 2.41. The fourth-order valence-corrected chi connectivity index (χ4v) is 2.08. The first kappa shape index (κ1) is 16.2. The summed E-state index contributed by atoms with van der Waals surface area (Å²) in [5, 5.41) is 0. The molecular weight excluding hydrogens is 263 g/mol. The summed E-state index contributed by atoms with van der Waals surface area (Å²) in [6.45, 7) is 3.16. The normalized spacial score (nSPS) is 21.4. The van der Waals surface area contributed by atoms with Gasteiger partial charge in [0.15, 0.2) is 0 Å². The number of hydrogen-bond acceptors (Lipinski definition) is 4. The van der Waals surface area contributed by atoms with Gasteiger partial charge in [-0.05, 0) is 26.3 Å². The van der Waals surface area contributed by atoms with Gasteiger partial charge in [-0.3, -0.25) is 0 Å². The first-order valence-electron chi connectivity index (χ1n) is 6.46. The van der Waals surface area contributed by atoms with Crippen LogP contribution in [0.15, 0.2) is 0 Å². The number of piperidine rings is 1. The molecular formula is C12H20F3NO3. The Morgan fingerprint density at radius 2 is 2.16 bits per heavy atom. The van der Waals surface area contributed by atoms with E-state index in [1.165, 1.54) is 0 Å². The Morgan fingerprint density at radius 3 is 2.79 bits per heavy atom. The summed E-state index contributed by atoms with van der Waals surface area (Å²) in [5.74, 6) is -1.69. The Morgan fingerprint density at radius 1 is 1.42 bits per heavy atom. The van der Waals surface area contributed by atoms with Gasteiger partial charge in [0, 0.05) is 13.1 Å². The Kier molecular flexibility index (Phi) is 6.57. The van der Waals surface area contributed by atoms with Crippen LogP contribution in [0.1, 0.15) is 19.8 Å². The van der Waals surface area contributed by atoms with E-state index < -0.39 is 18.1 Å². The number of esters is 1. The van der Waals surface area contributed by atoms with E-state index in [1.54, 1.807) is 11.8 Å². The monoisotopic (exact) mass is 283 g/mol. The molecule has 0 bridgehead atoms. The Balaban J connectivity index is 2.17. The van der Waals surface area contributed by atoms with Crippen LogP contribution in [0.25, 0.3) is 0 Å². The van der Waals surface area contributed by atoms with Gasteiger partial charge in [-0.15, -0.1) is 0 Å². The van der Waals surface area contributed by atoms with Gasteiger partial charge in [-0.1, -0.05) is 0 Å². The molecule has 0 aliphatic carbocycles. The highest BCUT2D eigenvalue weighted by Crippen LogP contribution is 2.32. The molecule has 7 heteroatoms. The number of nitrogens with zero attached hydrogens (tertiary/aromatic N) is 1. The van der Waals surface area contributed by atoms with E-state index in [1.807, 2.05) is 0 Å². The topological polar surface area (TPSA) is 38.8 Å². The van der Waals surface area contributed by atoms with Crippen LogP contribution in [-0.4, -0.2) is 56.5 Å².